The number of halogens is 2. The van der Waals surface area contributed by atoms with Gasteiger partial charge in [-0.1, -0.05) is 28.1 Å². The first-order chi connectivity index (χ1) is 11.1. The lowest BCUT2D eigenvalue weighted by molar-refractivity contribution is 0.555. The fourth-order valence-corrected chi connectivity index (χ4v) is 4.01. The molecule has 2 aromatic carbocycles. The molecule has 23 heavy (non-hydrogen) atoms. The minimum absolute atomic E-state index is 0.183. The van der Waals surface area contributed by atoms with Crippen molar-refractivity contribution in [3.63, 3.8) is 0 Å². The van der Waals surface area contributed by atoms with Gasteiger partial charge in [0.1, 0.15) is 5.82 Å². The molecule has 1 heterocycles. The molecule has 1 unspecified atom stereocenters. The van der Waals surface area contributed by atoms with Crippen LogP contribution in [0.25, 0.3) is 10.9 Å². The smallest absolute Gasteiger partial charge is 0.123 e. The first-order valence-corrected chi connectivity index (χ1v) is 8.70. The third kappa shape index (κ3) is 2.70. The predicted molar refractivity (Wildman–Crippen MR) is 95.1 cm³/mol. The molecule has 0 bridgehead atoms. The molecule has 2 N–H and O–H groups in total. The molecule has 0 saturated carbocycles. The van der Waals surface area contributed by atoms with E-state index in [2.05, 4.69) is 38.7 Å². The molecule has 0 aliphatic heterocycles. The first-order valence-electron chi connectivity index (χ1n) is 7.91. The van der Waals surface area contributed by atoms with Crippen LogP contribution in [0.4, 0.5) is 4.39 Å². The summed E-state index contributed by atoms with van der Waals surface area (Å²) in [4.78, 5) is 0. The molecular formula is C19H18BrFN2. The monoisotopic (exact) mass is 372 g/mol. The minimum atomic E-state index is -0.183. The summed E-state index contributed by atoms with van der Waals surface area (Å²) >= 11 is 3.57. The Morgan fingerprint density at radius 1 is 1.22 bits per heavy atom. The lowest BCUT2D eigenvalue weighted by atomic mass is 9.92. The third-order valence-electron chi connectivity index (χ3n) is 4.70. The van der Waals surface area contributed by atoms with Crippen LogP contribution in [0.1, 0.15) is 23.2 Å². The number of nitrogens with zero attached hydrogens (tertiary/aromatic N) is 1. The highest BCUT2D eigenvalue weighted by Gasteiger charge is 2.23. The standard InChI is InChI=1S/C19H18BrFN2/c20-13-4-6-18-16(9-13)17-10-15(22)5-7-19(17)23(18)11-12-2-1-3-14(21)8-12/h1-4,6,8-9,15H,5,7,10-11,22H2. The number of hydrogen-bond acceptors (Lipinski definition) is 1. The second-order valence-corrected chi connectivity index (χ2v) is 7.22. The van der Waals surface area contributed by atoms with Crippen molar-refractivity contribution in [3.8, 4) is 0 Å². The molecule has 0 fully saturated rings. The Bertz CT molecular complexity index is 884. The van der Waals surface area contributed by atoms with Crippen molar-refractivity contribution < 1.29 is 4.39 Å². The summed E-state index contributed by atoms with van der Waals surface area (Å²) < 4.78 is 16.9. The Hall–Kier alpha value is -1.65. The van der Waals surface area contributed by atoms with Gasteiger partial charge in [0.2, 0.25) is 0 Å². The maximum atomic E-state index is 13.5. The van der Waals surface area contributed by atoms with Crippen LogP contribution < -0.4 is 5.73 Å². The van der Waals surface area contributed by atoms with Crippen LogP contribution in [-0.2, 0) is 19.4 Å². The van der Waals surface area contributed by atoms with Gasteiger partial charge < -0.3 is 10.3 Å². The van der Waals surface area contributed by atoms with Gasteiger partial charge in [-0.15, -0.1) is 0 Å². The zero-order chi connectivity index (χ0) is 16.0. The molecule has 0 amide bonds. The highest BCUT2D eigenvalue weighted by Crippen LogP contribution is 2.34. The van der Waals surface area contributed by atoms with Crippen LogP contribution in [0.3, 0.4) is 0 Å². The lowest BCUT2D eigenvalue weighted by Crippen LogP contribution is -2.28. The van der Waals surface area contributed by atoms with E-state index in [1.54, 1.807) is 12.1 Å². The summed E-state index contributed by atoms with van der Waals surface area (Å²) in [6.45, 7) is 0.695. The Morgan fingerprint density at radius 3 is 2.91 bits per heavy atom. The number of aromatic nitrogens is 1. The van der Waals surface area contributed by atoms with Crippen molar-refractivity contribution in [1.29, 1.82) is 0 Å². The third-order valence-corrected chi connectivity index (χ3v) is 5.19. The molecule has 1 aromatic heterocycles. The Labute approximate surface area is 143 Å². The molecule has 1 aliphatic rings. The Morgan fingerprint density at radius 2 is 2.09 bits per heavy atom. The summed E-state index contributed by atoms with van der Waals surface area (Å²) in [5.41, 5.74) is 11.1. The quantitative estimate of drug-likeness (QED) is 0.709. The van der Waals surface area contributed by atoms with Gasteiger partial charge in [-0.25, -0.2) is 4.39 Å². The summed E-state index contributed by atoms with van der Waals surface area (Å²) in [6, 6.07) is 13.5. The highest BCUT2D eigenvalue weighted by molar-refractivity contribution is 9.10. The molecule has 1 atom stereocenters. The van der Waals surface area contributed by atoms with Gasteiger partial charge in [-0.3, -0.25) is 0 Å². The van der Waals surface area contributed by atoms with E-state index < -0.39 is 0 Å². The van der Waals surface area contributed by atoms with Crippen LogP contribution >= 0.6 is 15.9 Å². The van der Waals surface area contributed by atoms with Gasteiger partial charge in [0.05, 0.1) is 0 Å². The van der Waals surface area contributed by atoms with Gasteiger partial charge in [0, 0.05) is 33.7 Å². The van der Waals surface area contributed by atoms with E-state index in [-0.39, 0.29) is 11.9 Å². The molecule has 0 spiro atoms. The van der Waals surface area contributed by atoms with E-state index >= 15 is 0 Å². The average Bonchev–Trinajstić information content (AvgIpc) is 2.80. The van der Waals surface area contributed by atoms with Crippen LogP contribution in [-0.4, -0.2) is 10.6 Å². The number of hydrogen-bond donors (Lipinski definition) is 1. The van der Waals surface area contributed by atoms with E-state index in [1.807, 2.05) is 6.07 Å². The molecule has 0 radical (unpaired) electrons. The van der Waals surface area contributed by atoms with E-state index in [4.69, 9.17) is 5.73 Å². The fourth-order valence-electron chi connectivity index (χ4n) is 3.65. The van der Waals surface area contributed by atoms with Gasteiger partial charge >= 0.3 is 0 Å². The zero-order valence-electron chi connectivity index (χ0n) is 12.7. The van der Waals surface area contributed by atoms with E-state index in [9.17, 15) is 4.39 Å². The number of benzene rings is 2. The predicted octanol–water partition coefficient (Wildman–Crippen LogP) is 4.41. The zero-order valence-corrected chi connectivity index (χ0v) is 14.3. The minimum Gasteiger partial charge on any atom is -0.340 e. The molecule has 2 nitrogen and oxygen atoms in total. The van der Waals surface area contributed by atoms with Crippen molar-refractivity contribution in [1.82, 2.24) is 4.57 Å². The Balaban J connectivity index is 1.88. The Kier molecular flexibility index (Phi) is 3.74. The molecule has 3 aromatic rings. The summed E-state index contributed by atoms with van der Waals surface area (Å²) in [5.74, 6) is -0.183. The summed E-state index contributed by atoms with van der Waals surface area (Å²) in [6.07, 6.45) is 2.91. The molecule has 0 saturated heterocycles. The van der Waals surface area contributed by atoms with E-state index in [0.717, 1.165) is 29.3 Å². The van der Waals surface area contributed by atoms with Gasteiger partial charge in [-0.05, 0) is 60.7 Å². The SMILES string of the molecule is NC1CCc2c(c3cc(Br)ccc3n2Cc2cccc(F)c2)C1. The van der Waals surface area contributed by atoms with Crippen molar-refractivity contribution in [2.24, 2.45) is 5.73 Å². The van der Waals surface area contributed by atoms with Gasteiger partial charge in [-0.2, -0.15) is 0 Å². The molecule has 118 valence electrons. The highest BCUT2D eigenvalue weighted by atomic mass is 79.9. The number of nitrogens with two attached hydrogens (primary N) is 1. The van der Waals surface area contributed by atoms with Crippen molar-refractivity contribution in [3.05, 3.63) is 69.6 Å². The number of rotatable bonds is 2. The van der Waals surface area contributed by atoms with Crippen LogP contribution in [0.5, 0.6) is 0 Å². The maximum Gasteiger partial charge on any atom is 0.123 e. The van der Waals surface area contributed by atoms with E-state index in [1.165, 1.54) is 28.2 Å². The second kappa shape index (κ2) is 5.77. The van der Waals surface area contributed by atoms with Crippen molar-refractivity contribution in [2.75, 3.05) is 0 Å². The first kappa shape index (κ1) is 14.9. The fraction of sp³-hybridized carbons (Fsp3) is 0.263. The van der Waals surface area contributed by atoms with E-state index in [0.29, 0.717) is 6.54 Å². The van der Waals surface area contributed by atoms with Gasteiger partial charge in [0.25, 0.3) is 0 Å². The maximum absolute atomic E-state index is 13.5. The average molecular weight is 373 g/mol. The summed E-state index contributed by atoms with van der Waals surface area (Å²) in [5, 5.41) is 1.26. The van der Waals surface area contributed by atoms with Gasteiger partial charge in [0.15, 0.2) is 0 Å². The van der Waals surface area contributed by atoms with Crippen LogP contribution in [0, 0.1) is 5.82 Å². The van der Waals surface area contributed by atoms with Crippen molar-refractivity contribution >= 4 is 26.8 Å². The second-order valence-electron chi connectivity index (χ2n) is 6.31. The topological polar surface area (TPSA) is 30.9 Å². The van der Waals surface area contributed by atoms with Crippen molar-refractivity contribution in [2.45, 2.75) is 31.8 Å². The normalized spacial score (nSPS) is 17.4. The molecule has 4 heteroatoms. The van der Waals surface area contributed by atoms with Crippen LogP contribution in [0.15, 0.2) is 46.9 Å². The molecule has 1 aliphatic carbocycles. The largest absolute Gasteiger partial charge is 0.340 e. The molecular weight excluding hydrogens is 355 g/mol. The molecule has 4 rings (SSSR count). The number of fused-ring (bicyclic) bond motifs is 3. The summed E-state index contributed by atoms with van der Waals surface area (Å²) in [7, 11) is 0. The lowest BCUT2D eigenvalue weighted by Gasteiger charge is -2.21. The van der Waals surface area contributed by atoms with Crippen LogP contribution in [0.2, 0.25) is 0 Å².